The summed E-state index contributed by atoms with van der Waals surface area (Å²) in [5.74, 6) is 0.655. The minimum Gasteiger partial charge on any atom is -0.365 e. The van der Waals surface area contributed by atoms with Gasteiger partial charge in [0.2, 0.25) is 0 Å². The number of fused-ring (bicyclic) bond motifs is 2. The second-order valence-corrected chi connectivity index (χ2v) is 8.15. The number of amides is 1. The largest absolute Gasteiger partial charge is 0.365 e. The second-order valence-electron chi connectivity index (χ2n) is 7.71. The molecule has 2 fully saturated rings. The Morgan fingerprint density at radius 1 is 1.10 bits per heavy atom. The summed E-state index contributed by atoms with van der Waals surface area (Å²) < 4.78 is 14.7. The van der Waals surface area contributed by atoms with Crippen LogP contribution in [0.5, 0.6) is 0 Å². The summed E-state index contributed by atoms with van der Waals surface area (Å²) in [4.78, 5) is 27.9. The molecule has 2 aliphatic rings. The van der Waals surface area contributed by atoms with E-state index in [2.05, 4.69) is 20.3 Å². The molecule has 1 N–H and O–H groups in total. The van der Waals surface area contributed by atoms with Gasteiger partial charge in [0.05, 0.1) is 22.2 Å². The molecule has 30 heavy (non-hydrogen) atoms. The zero-order chi connectivity index (χ0) is 20.7. The number of likely N-dealkylation sites (tertiary alicyclic amines) is 1. The van der Waals surface area contributed by atoms with E-state index in [1.54, 1.807) is 42.9 Å². The second kappa shape index (κ2) is 7.65. The van der Waals surface area contributed by atoms with Gasteiger partial charge >= 0.3 is 0 Å². The summed E-state index contributed by atoms with van der Waals surface area (Å²) in [6.45, 7) is 0.668. The van der Waals surface area contributed by atoms with Crippen LogP contribution >= 0.6 is 11.6 Å². The van der Waals surface area contributed by atoms with E-state index in [1.807, 2.05) is 11.0 Å². The van der Waals surface area contributed by atoms with Crippen LogP contribution in [-0.2, 0) is 0 Å². The predicted octanol–water partition coefficient (Wildman–Crippen LogP) is 4.05. The standard InChI is InChI=1S/C22H19ClFN5O/c23-14-5-6-19(27-11-14)28-17-9-13-10-18(17)29(12-13)22(30)15-3-1-4-16(24)20(15)21-25-7-2-8-26-21/h1-8,11,13,17-18H,9-10,12H2,(H,27,28)/t13-,17+,18-/m0/s1. The zero-order valence-electron chi connectivity index (χ0n) is 16.0. The average Bonchev–Trinajstić information content (AvgIpc) is 3.36. The maximum atomic E-state index is 14.7. The van der Waals surface area contributed by atoms with E-state index in [0.29, 0.717) is 17.5 Å². The normalized spacial score (nSPS) is 22.3. The van der Waals surface area contributed by atoms with Gasteiger partial charge in [-0.15, -0.1) is 0 Å². The maximum Gasteiger partial charge on any atom is 0.255 e. The van der Waals surface area contributed by atoms with Gasteiger partial charge in [0, 0.05) is 31.2 Å². The number of anilines is 1. The first kappa shape index (κ1) is 18.9. The highest BCUT2D eigenvalue weighted by molar-refractivity contribution is 6.30. The van der Waals surface area contributed by atoms with Crippen LogP contribution in [-0.4, -0.2) is 44.4 Å². The van der Waals surface area contributed by atoms with E-state index in [-0.39, 0.29) is 34.9 Å². The molecule has 1 aromatic carbocycles. The Bertz CT molecular complexity index is 1080. The molecular weight excluding hydrogens is 405 g/mol. The number of aromatic nitrogens is 3. The molecule has 1 aliphatic carbocycles. The fourth-order valence-electron chi connectivity index (χ4n) is 4.58. The molecule has 0 radical (unpaired) electrons. The van der Waals surface area contributed by atoms with Crippen LogP contribution in [0.3, 0.4) is 0 Å². The highest BCUT2D eigenvalue weighted by Gasteiger charge is 2.47. The molecule has 0 spiro atoms. The summed E-state index contributed by atoms with van der Waals surface area (Å²) in [5.41, 5.74) is 0.437. The van der Waals surface area contributed by atoms with Crippen LogP contribution in [0.1, 0.15) is 23.2 Å². The molecule has 3 heterocycles. The first-order valence-electron chi connectivity index (χ1n) is 9.85. The van der Waals surface area contributed by atoms with Gasteiger partial charge in [-0.05, 0) is 49.1 Å². The summed E-state index contributed by atoms with van der Waals surface area (Å²) in [6, 6.07) is 9.91. The lowest BCUT2D eigenvalue weighted by Gasteiger charge is -2.34. The number of carbonyl (C=O) groups is 1. The molecule has 5 rings (SSSR count). The van der Waals surface area contributed by atoms with E-state index < -0.39 is 5.82 Å². The van der Waals surface area contributed by atoms with Crippen LogP contribution in [0.4, 0.5) is 10.2 Å². The number of hydrogen-bond acceptors (Lipinski definition) is 5. The molecule has 6 nitrogen and oxygen atoms in total. The lowest BCUT2D eigenvalue weighted by atomic mass is 10.0. The number of nitrogens with one attached hydrogen (secondary N) is 1. The first-order chi connectivity index (χ1) is 14.6. The Hall–Kier alpha value is -3.06. The van der Waals surface area contributed by atoms with Crippen molar-refractivity contribution in [2.24, 2.45) is 5.92 Å². The van der Waals surface area contributed by atoms with E-state index >= 15 is 0 Å². The van der Waals surface area contributed by atoms with E-state index in [9.17, 15) is 9.18 Å². The van der Waals surface area contributed by atoms with Crippen molar-refractivity contribution >= 4 is 23.3 Å². The Balaban J connectivity index is 1.42. The number of nitrogens with zero attached hydrogens (tertiary/aromatic N) is 4. The molecule has 3 atom stereocenters. The topological polar surface area (TPSA) is 71.0 Å². The smallest absolute Gasteiger partial charge is 0.255 e. The van der Waals surface area contributed by atoms with Gasteiger partial charge in [0.25, 0.3) is 5.91 Å². The molecule has 1 saturated carbocycles. The van der Waals surface area contributed by atoms with Crippen LogP contribution in [0.25, 0.3) is 11.4 Å². The number of piperidine rings is 1. The number of rotatable bonds is 4. The highest BCUT2D eigenvalue weighted by atomic mass is 35.5. The fourth-order valence-corrected chi connectivity index (χ4v) is 4.69. The van der Waals surface area contributed by atoms with Gasteiger partial charge < -0.3 is 10.2 Å². The predicted molar refractivity (Wildman–Crippen MR) is 112 cm³/mol. The summed E-state index contributed by atoms with van der Waals surface area (Å²) in [7, 11) is 0. The SMILES string of the molecule is O=C(c1cccc(F)c1-c1ncccn1)N1C[C@H]2C[C@@H](Nc3ccc(Cl)cn3)[C@@H]1C2. The Labute approximate surface area is 178 Å². The molecule has 1 amide bonds. The highest BCUT2D eigenvalue weighted by Crippen LogP contribution is 2.40. The lowest BCUT2D eigenvalue weighted by Crippen LogP contribution is -2.47. The van der Waals surface area contributed by atoms with E-state index in [4.69, 9.17) is 11.6 Å². The van der Waals surface area contributed by atoms with Crippen molar-refractivity contribution in [2.45, 2.75) is 24.9 Å². The zero-order valence-corrected chi connectivity index (χ0v) is 16.8. The van der Waals surface area contributed by atoms with Crippen molar-refractivity contribution in [2.75, 3.05) is 11.9 Å². The molecule has 2 aromatic heterocycles. The van der Waals surface area contributed by atoms with Crippen molar-refractivity contribution in [3.05, 3.63) is 71.4 Å². The molecule has 3 aromatic rings. The van der Waals surface area contributed by atoms with Gasteiger partial charge in [-0.25, -0.2) is 19.3 Å². The summed E-state index contributed by atoms with van der Waals surface area (Å²) in [6.07, 6.45) is 6.57. The van der Waals surface area contributed by atoms with Gasteiger partial charge in [-0.3, -0.25) is 4.79 Å². The van der Waals surface area contributed by atoms with Crippen molar-refractivity contribution in [3.8, 4) is 11.4 Å². The number of halogens is 2. The van der Waals surface area contributed by atoms with Crippen molar-refractivity contribution in [3.63, 3.8) is 0 Å². The third kappa shape index (κ3) is 3.39. The molecule has 152 valence electrons. The molecule has 2 bridgehead atoms. The molecule has 0 unspecified atom stereocenters. The lowest BCUT2D eigenvalue weighted by molar-refractivity contribution is 0.0692. The van der Waals surface area contributed by atoms with Crippen molar-refractivity contribution in [1.29, 1.82) is 0 Å². The Morgan fingerprint density at radius 2 is 1.93 bits per heavy atom. The third-order valence-corrected chi connectivity index (χ3v) is 6.06. The van der Waals surface area contributed by atoms with E-state index in [0.717, 1.165) is 18.7 Å². The molecule has 1 saturated heterocycles. The Morgan fingerprint density at radius 3 is 2.67 bits per heavy atom. The van der Waals surface area contributed by atoms with Crippen molar-refractivity contribution < 1.29 is 9.18 Å². The van der Waals surface area contributed by atoms with Crippen LogP contribution < -0.4 is 5.32 Å². The number of hydrogen-bond donors (Lipinski definition) is 1. The van der Waals surface area contributed by atoms with Crippen LogP contribution in [0.2, 0.25) is 5.02 Å². The minimum absolute atomic E-state index is 0.0211. The van der Waals surface area contributed by atoms with Crippen molar-refractivity contribution in [1.82, 2.24) is 19.9 Å². The number of benzene rings is 1. The molecular formula is C22H19ClFN5O. The number of pyridine rings is 1. The first-order valence-corrected chi connectivity index (χ1v) is 10.2. The Kier molecular flexibility index (Phi) is 4.83. The minimum atomic E-state index is -0.503. The summed E-state index contributed by atoms with van der Waals surface area (Å²) >= 11 is 5.92. The van der Waals surface area contributed by atoms with Gasteiger partial charge in [0.15, 0.2) is 5.82 Å². The van der Waals surface area contributed by atoms with Crippen LogP contribution in [0, 0.1) is 11.7 Å². The summed E-state index contributed by atoms with van der Waals surface area (Å²) in [5, 5.41) is 4.01. The number of carbonyl (C=O) groups excluding carboxylic acids is 1. The monoisotopic (exact) mass is 423 g/mol. The molecule has 8 heteroatoms. The maximum absolute atomic E-state index is 14.7. The van der Waals surface area contributed by atoms with E-state index in [1.165, 1.54) is 6.07 Å². The quantitative estimate of drug-likeness (QED) is 0.685. The third-order valence-electron chi connectivity index (χ3n) is 5.84. The van der Waals surface area contributed by atoms with Crippen LogP contribution in [0.15, 0.2) is 55.0 Å². The fraction of sp³-hybridized carbons (Fsp3) is 0.273. The average molecular weight is 424 g/mol. The van der Waals surface area contributed by atoms with Gasteiger partial charge in [0.1, 0.15) is 11.6 Å². The van der Waals surface area contributed by atoms with Gasteiger partial charge in [-0.1, -0.05) is 17.7 Å². The van der Waals surface area contributed by atoms with Gasteiger partial charge in [-0.2, -0.15) is 0 Å². The molecule has 1 aliphatic heterocycles.